The molecule has 0 aromatic heterocycles. The lowest BCUT2D eigenvalue weighted by Gasteiger charge is -2.41. The average molecular weight is 256 g/mol. The molecule has 0 aromatic rings. The van der Waals surface area contributed by atoms with Crippen LogP contribution in [0.1, 0.15) is 34.1 Å². The molecular weight excluding hydrogens is 228 g/mol. The summed E-state index contributed by atoms with van der Waals surface area (Å²) < 4.78 is 4.89. The Morgan fingerprint density at radius 2 is 2.00 bits per heavy atom. The van der Waals surface area contributed by atoms with E-state index >= 15 is 0 Å². The molecule has 106 valence electrons. The summed E-state index contributed by atoms with van der Waals surface area (Å²) in [6, 6.07) is 0.755. The lowest BCUT2D eigenvalue weighted by Crippen LogP contribution is -2.56. The van der Waals surface area contributed by atoms with Gasteiger partial charge in [0, 0.05) is 18.6 Å². The smallest absolute Gasteiger partial charge is 0.323 e. The summed E-state index contributed by atoms with van der Waals surface area (Å²) in [5.74, 6) is 0.653. The van der Waals surface area contributed by atoms with Gasteiger partial charge in [-0.15, -0.1) is 0 Å². The molecule has 4 atom stereocenters. The topological polar surface area (TPSA) is 41.6 Å². The van der Waals surface area contributed by atoms with Crippen molar-refractivity contribution in [2.75, 3.05) is 20.7 Å². The van der Waals surface area contributed by atoms with E-state index in [1.807, 2.05) is 0 Å². The zero-order valence-corrected chi connectivity index (χ0v) is 12.6. The summed E-state index contributed by atoms with van der Waals surface area (Å²) in [7, 11) is 3.62. The lowest BCUT2D eigenvalue weighted by atomic mass is 9.88. The van der Waals surface area contributed by atoms with Crippen LogP contribution in [0.3, 0.4) is 0 Å². The van der Waals surface area contributed by atoms with Gasteiger partial charge in [0.1, 0.15) is 6.04 Å². The highest BCUT2D eigenvalue weighted by Gasteiger charge is 2.33. The number of likely N-dealkylation sites (tertiary alicyclic amines) is 1. The largest absolute Gasteiger partial charge is 0.468 e. The van der Waals surface area contributed by atoms with Crippen molar-refractivity contribution in [1.29, 1.82) is 0 Å². The molecular formula is C14H28N2O2. The number of nitrogens with one attached hydrogen (secondary N) is 1. The zero-order chi connectivity index (χ0) is 13.9. The van der Waals surface area contributed by atoms with Crippen molar-refractivity contribution >= 4 is 5.97 Å². The fourth-order valence-electron chi connectivity index (χ4n) is 2.66. The van der Waals surface area contributed by atoms with Gasteiger partial charge in [0.05, 0.1) is 7.11 Å². The Hall–Kier alpha value is -0.610. The Balaban J connectivity index is 2.66. The zero-order valence-electron chi connectivity index (χ0n) is 12.6. The monoisotopic (exact) mass is 256 g/mol. The molecule has 1 saturated heterocycles. The third-order valence-corrected chi connectivity index (χ3v) is 4.13. The summed E-state index contributed by atoms with van der Waals surface area (Å²) in [4.78, 5) is 14.2. The molecule has 1 rings (SSSR count). The van der Waals surface area contributed by atoms with E-state index in [-0.39, 0.29) is 17.9 Å². The van der Waals surface area contributed by atoms with Crippen molar-refractivity contribution in [3.05, 3.63) is 0 Å². The summed E-state index contributed by atoms with van der Waals surface area (Å²) in [6.07, 6.45) is 1.08. The second-order valence-corrected chi connectivity index (χ2v) is 6.02. The number of esters is 1. The number of piperidine rings is 1. The number of nitrogens with zero attached hydrogens (tertiary/aromatic N) is 1. The van der Waals surface area contributed by atoms with Crippen molar-refractivity contribution in [1.82, 2.24) is 10.2 Å². The minimum atomic E-state index is -0.196. The number of carbonyl (C=O) groups excluding carboxylic acids is 1. The van der Waals surface area contributed by atoms with Crippen molar-refractivity contribution in [3.63, 3.8) is 0 Å². The first-order chi connectivity index (χ1) is 8.36. The minimum Gasteiger partial charge on any atom is -0.468 e. The summed E-state index contributed by atoms with van der Waals surface area (Å²) in [5.41, 5.74) is 0. The van der Waals surface area contributed by atoms with Gasteiger partial charge in [-0.1, -0.05) is 20.8 Å². The van der Waals surface area contributed by atoms with Crippen LogP contribution in [-0.4, -0.2) is 49.7 Å². The number of hydrogen-bond acceptors (Lipinski definition) is 4. The molecule has 4 nitrogen and oxygen atoms in total. The molecule has 1 N–H and O–H groups in total. The van der Waals surface area contributed by atoms with E-state index in [0.29, 0.717) is 18.0 Å². The molecule has 0 aromatic carbocycles. The molecule has 18 heavy (non-hydrogen) atoms. The van der Waals surface area contributed by atoms with Gasteiger partial charge in [0.25, 0.3) is 0 Å². The van der Waals surface area contributed by atoms with Crippen LogP contribution in [0.5, 0.6) is 0 Å². The maximum absolute atomic E-state index is 11.8. The Morgan fingerprint density at radius 1 is 1.39 bits per heavy atom. The van der Waals surface area contributed by atoms with Crippen LogP contribution in [0.25, 0.3) is 0 Å². The van der Waals surface area contributed by atoms with E-state index in [2.05, 4.69) is 45.0 Å². The third kappa shape index (κ3) is 3.69. The van der Waals surface area contributed by atoms with Gasteiger partial charge in [0.15, 0.2) is 0 Å². The SMILES string of the molecule is COC(=O)[C@@H](NC1CC(C)N(C)CC1C)C(C)C. The highest BCUT2D eigenvalue weighted by Crippen LogP contribution is 2.22. The fourth-order valence-corrected chi connectivity index (χ4v) is 2.66. The van der Waals surface area contributed by atoms with Crippen LogP contribution in [0.4, 0.5) is 0 Å². The van der Waals surface area contributed by atoms with Crippen LogP contribution in [0.2, 0.25) is 0 Å². The highest BCUT2D eigenvalue weighted by molar-refractivity contribution is 5.76. The predicted octanol–water partition coefficient (Wildman–Crippen LogP) is 1.50. The van der Waals surface area contributed by atoms with Gasteiger partial charge in [-0.05, 0) is 32.2 Å². The van der Waals surface area contributed by atoms with Gasteiger partial charge in [-0.3, -0.25) is 4.79 Å². The molecule has 1 aliphatic rings. The molecule has 3 unspecified atom stereocenters. The van der Waals surface area contributed by atoms with Crippen molar-refractivity contribution < 1.29 is 9.53 Å². The Labute approximate surface area is 111 Å². The summed E-state index contributed by atoms with van der Waals surface area (Å²) >= 11 is 0. The first-order valence-corrected chi connectivity index (χ1v) is 6.90. The molecule has 0 saturated carbocycles. The minimum absolute atomic E-state index is 0.149. The van der Waals surface area contributed by atoms with E-state index in [9.17, 15) is 4.79 Å². The number of methoxy groups -OCH3 is 1. The van der Waals surface area contributed by atoms with Crippen molar-refractivity contribution in [3.8, 4) is 0 Å². The first kappa shape index (κ1) is 15.4. The molecule has 0 radical (unpaired) electrons. The average Bonchev–Trinajstić information content (AvgIpc) is 2.30. The quantitative estimate of drug-likeness (QED) is 0.774. The standard InChI is InChI=1S/C14H28N2O2/c1-9(2)13(14(17)18-6)15-12-7-11(4)16(5)8-10(12)3/h9-13,15H,7-8H2,1-6H3/t10?,11?,12?,13-/m0/s1. The molecule has 0 bridgehead atoms. The van der Waals surface area contributed by atoms with E-state index in [4.69, 9.17) is 4.74 Å². The van der Waals surface area contributed by atoms with E-state index in [1.165, 1.54) is 7.11 Å². The van der Waals surface area contributed by atoms with Gasteiger partial charge >= 0.3 is 5.97 Å². The summed E-state index contributed by atoms with van der Waals surface area (Å²) in [6.45, 7) is 9.66. The van der Waals surface area contributed by atoms with Crippen molar-refractivity contribution in [2.45, 2.75) is 52.2 Å². The van der Waals surface area contributed by atoms with Crippen LogP contribution >= 0.6 is 0 Å². The van der Waals surface area contributed by atoms with Crippen LogP contribution in [0, 0.1) is 11.8 Å². The third-order valence-electron chi connectivity index (χ3n) is 4.13. The second-order valence-electron chi connectivity index (χ2n) is 6.02. The number of hydrogen-bond donors (Lipinski definition) is 1. The van der Waals surface area contributed by atoms with Crippen LogP contribution in [-0.2, 0) is 9.53 Å². The molecule has 4 heteroatoms. The molecule has 0 spiro atoms. The lowest BCUT2D eigenvalue weighted by molar-refractivity contribution is -0.144. The molecule has 0 aliphatic carbocycles. The maximum Gasteiger partial charge on any atom is 0.323 e. The molecule has 1 heterocycles. The van der Waals surface area contributed by atoms with Gasteiger partial charge in [-0.2, -0.15) is 0 Å². The van der Waals surface area contributed by atoms with Crippen LogP contribution < -0.4 is 5.32 Å². The number of carbonyl (C=O) groups is 1. The molecule has 0 amide bonds. The number of rotatable bonds is 4. The number of ether oxygens (including phenoxy) is 1. The normalized spacial score (nSPS) is 31.4. The Bertz CT molecular complexity index is 281. The fraction of sp³-hybridized carbons (Fsp3) is 0.929. The van der Waals surface area contributed by atoms with Crippen molar-refractivity contribution in [2.24, 2.45) is 11.8 Å². The van der Waals surface area contributed by atoms with Gasteiger partial charge in [-0.25, -0.2) is 0 Å². The maximum atomic E-state index is 11.8. The van der Waals surface area contributed by atoms with Crippen LogP contribution in [0.15, 0.2) is 0 Å². The predicted molar refractivity (Wildman–Crippen MR) is 73.4 cm³/mol. The Kier molecular flexibility index (Phi) is 5.60. The van der Waals surface area contributed by atoms with E-state index in [0.717, 1.165) is 13.0 Å². The van der Waals surface area contributed by atoms with E-state index in [1.54, 1.807) is 0 Å². The second kappa shape index (κ2) is 6.53. The van der Waals surface area contributed by atoms with Gasteiger partial charge in [0.2, 0.25) is 0 Å². The first-order valence-electron chi connectivity index (χ1n) is 6.90. The summed E-state index contributed by atoms with van der Waals surface area (Å²) in [5, 5.41) is 3.51. The Morgan fingerprint density at radius 3 is 2.50 bits per heavy atom. The van der Waals surface area contributed by atoms with E-state index < -0.39 is 0 Å². The molecule has 1 aliphatic heterocycles. The highest BCUT2D eigenvalue weighted by atomic mass is 16.5. The molecule has 1 fully saturated rings. The van der Waals surface area contributed by atoms with Gasteiger partial charge < -0.3 is 15.0 Å².